The smallest absolute Gasteiger partial charge is 0.407 e. The van der Waals surface area contributed by atoms with E-state index in [1.807, 2.05) is 26.8 Å². The zero-order chi connectivity index (χ0) is 22.7. The van der Waals surface area contributed by atoms with Gasteiger partial charge in [-0.2, -0.15) is 0 Å². The van der Waals surface area contributed by atoms with E-state index < -0.39 is 5.60 Å². The number of nitrogens with zero attached hydrogens (tertiary/aromatic N) is 3. The molecular formula is C26H34N4O2. The van der Waals surface area contributed by atoms with Gasteiger partial charge in [0.1, 0.15) is 5.60 Å². The van der Waals surface area contributed by atoms with Crippen LogP contribution < -0.4 is 10.2 Å². The second-order valence-corrected chi connectivity index (χ2v) is 9.64. The number of para-hydroxylation sites is 2. The van der Waals surface area contributed by atoms with E-state index in [9.17, 15) is 4.79 Å². The fourth-order valence-electron chi connectivity index (χ4n) is 4.39. The van der Waals surface area contributed by atoms with Gasteiger partial charge in [-0.05, 0) is 70.2 Å². The van der Waals surface area contributed by atoms with Gasteiger partial charge >= 0.3 is 6.09 Å². The van der Waals surface area contributed by atoms with Crippen molar-refractivity contribution in [2.45, 2.75) is 65.1 Å². The molecule has 1 aliphatic heterocycles. The molecule has 6 nitrogen and oxygen atoms in total. The standard InChI is InChI=1S/C26H34N4O2/c1-19-11-5-6-12-20(19)18-30-23-15-8-7-14-22(23)28-24(30)29-16-10-9-13-21(29)17-27-25(31)32-26(2,3)4/h5-8,11-12,14-15,21H,9-10,13,16-18H2,1-4H3,(H,27,31)/t21-/m1/s1. The number of hydrogen-bond acceptors (Lipinski definition) is 4. The minimum atomic E-state index is -0.502. The lowest BCUT2D eigenvalue weighted by Gasteiger charge is -2.37. The van der Waals surface area contributed by atoms with E-state index in [1.54, 1.807) is 0 Å². The number of carbonyl (C=O) groups is 1. The van der Waals surface area contributed by atoms with Crippen LogP contribution in [-0.4, -0.2) is 40.4 Å². The van der Waals surface area contributed by atoms with Crippen LogP contribution in [0.4, 0.5) is 10.7 Å². The summed E-state index contributed by atoms with van der Waals surface area (Å²) in [7, 11) is 0. The minimum absolute atomic E-state index is 0.184. The van der Waals surface area contributed by atoms with Gasteiger partial charge in [0.25, 0.3) is 0 Å². The first kappa shape index (κ1) is 22.2. The average molecular weight is 435 g/mol. The summed E-state index contributed by atoms with van der Waals surface area (Å²) >= 11 is 0. The predicted octanol–water partition coefficient (Wildman–Crippen LogP) is 5.28. The molecule has 2 aromatic carbocycles. The fourth-order valence-corrected chi connectivity index (χ4v) is 4.39. The molecular weight excluding hydrogens is 400 g/mol. The third kappa shape index (κ3) is 5.06. The van der Waals surface area contributed by atoms with Crippen LogP contribution in [0.25, 0.3) is 11.0 Å². The van der Waals surface area contributed by atoms with Crippen molar-refractivity contribution in [3.05, 3.63) is 59.7 Å². The average Bonchev–Trinajstić information content (AvgIpc) is 3.11. The summed E-state index contributed by atoms with van der Waals surface area (Å²) in [5.41, 5.74) is 4.20. The Morgan fingerprint density at radius 1 is 1.12 bits per heavy atom. The number of alkyl carbamates (subject to hydrolysis) is 1. The van der Waals surface area contributed by atoms with E-state index >= 15 is 0 Å². The number of aryl methyl sites for hydroxylation is 1. The maximum absolute atomic E-state index is 12.3. The van der Waals surface area contributed by atoms with E-state index in [0.717, 1.165) is 49.3 Å². The normalized spacial score (nSPS) is 16.9. The first-order chi connectivity index (χ1) is 15.3. The molecule has 0 bridgehead atoms. The number of aromatic nitrogens is 2. The van der Waals surface area contributed by atoms with Crippen molar-refractivity contribution in [2.75, 3.05) is 18.0 Å². The van der Waals surface area contributed by atoms with Crippen LogP contribution in [0, 0.1) is 6.92 Å². The Morgan fingerprint density at radius 2 is 1.88 bits per heavy atom. The second-order valence-electron chi connectivity index (χ2n) is 9.64. The first-order valence-electron chi connectivity index (χ1n) is 11.5. The zero-order valence-corrected chi connectivity index (χ0v) is 19.6. The summed E-state index contributed by atoms with van der Waals surface area (Å²) < 4.78 is 7.77. The molecule has 32 heavy (non-hydrogen) atoms. The van der Waals surface area contributed by atoms with Crippen molar-refractivity contribution >= 4 is 23.1 Å². The van der Waals surface area contributed by atoms with E-state index in [-0.39, 0.29) is 12.1 Å². The van der Waals surface area contributed by atoms with Gasteiger partial charge in [-0.15, -0.1) is 0 Å². The number of anilines is 1. The number of rotatable bonds is 5. The maximum atomic E-state index is 12.3. The van der Waals surface area contributed by atoms with Gasteiger partial charge in [-0.25, -0.2) is 9.78 Å². The molecule has 0 saturated carbocycles. The number of carbonyl (C=O) groups excluding carboxylic acids is 1. The van der Waals surface area contributed by atoms with Gasteiger partial charge in [-0.1, -0.05) is 36.4 Å². The molecule has 2 heterocycles. The minimum Gasteiger partial charge on any atom is -0.444 e. The molecule has 170 valence electrons. The van der Waals surface area contributed by atoms with Gasteiger partial charge in [0.05, 0.1) is 17.6 Å². The lowest BCUT2D eigenvalue weighted by molar-refractivity contribution is 0.0522. The molecule has 0 radical (unpaired) electrons. The van der Waals surface area contributed by atoms with E-state index in [0.29, 0.717) is 6.54 Å². The third-order valence-corrected chi connectivity index (χ3v) is 5.99. The molecule has 1 aromatic heterocycles. The van der Waals surface area contributed by atoms with Crippen molar-refractivity contribution in [2.24, 2.45) is 0 Å². The summed E-state index contributed by atoms with van der Waals surface area (Å²) in [5.74, 6) is 0.977. The number of imidazole rings is 1. The molecule has 1 amide bonds. The monoisotopic (exact) mass is 434 g/mol. The van der Waals surface area contributed by atoms with E-state index in [2.05, 4.69) is 64.2 Å². The first-order valence-corrected chi connectivity index (χ1v) is 11.5. The van der Waals surface area contributed by atoms with Crippen LogP contribution in [0.15, 0.2) is 48.5 Å². The SMILES string of the molecule is Cc1ccccc1Cn1c(N2CCCC[C@@H]2CNC(=O)OC(C)(C)C)nc2ccccc21. The number of ether oxygens (including phenoxy) is 1. The third-order valence-electron chi connectivity index (χ3n) is 5.99. The maximum Gasteiger partial charge on any atom is 0.407 e. The van der Waals surface area contributed by atoms with Crippen molar-refractivity contribution in [3.8, 4) is 0 Å². The summed E-state index contributed by atoms with van der Waals surface area (Å²) in [4.78, 5) is 19.7. The molecule has 6 heteroatoms. The molecule has 1 N–H and O–H groups in total. The van der Waals surface area contributed by atoms with Crippen molar-refractivity contribution in [1.29, 1.82) is 0 Å². The summed E-state index contributed by atoms with van der Waals surface area (Å²) in [5, 5.41) is 2.98. The molecule has 1 atom stereocenters. The Kier molecular flexibility index (Phi) is 6.40. The second kappa shape index (κ2) is 9.23. The molecule has 0 aliphatic carbocycles. The van der Waals surface area contributed by atoms with E-state index in [1.165, 1.54) is 11.1 Å². The van der Waals surface area contributed by atoms with Crippen LogP contribution >= 0.6 is 0 Å². The Labute approximate surface area is 190 Å². The largest absolute Gasteiger partial charge is 0.444 e. The van der Waals surface area contributed by atoms with Crippen molar-refractivity contribution in [3.63, 3.8) is 0 Å². The number of fused-ring (bicyclic) bond motifs is 1. The zero-order valence-electron chi connectivity index (χ0n) is 19.6. The highest BCUT2D eigenvalue weighted by molar-refractivity contribution is 5.79. The fraction of sp³-hybridized carbons (Fsp3) is 0.462. The number of hydrogen-bond donors (Lipinski definition) is 1. The highest BCUT2D eigenvalue weighted by Gasteiger charge is 2.28. The summed E-state index contributed by atoms with van der Waals surface area (Å²) in [6.07, 6.45) is 2.92. The Morgan fingerprint density at radius 3 is 2.66 bits per heavy atom. The Bertz CT molecular complexity index is 1080. The molecule has 0 unspecified atom stereocenters. The van der Waals surface area contributed by atoms with Gasteiger partial charge in [0.15, 0.2) is 0 Å². The summed E-state index contributed by atoms with van der Waals surface area (Å²) in [6, 6.07) is 17.0. The quantitative estimate of drug-likeness (QED) is 0.594. The van der Waals surface area contributed by atoms with Gasteiger partial charge in [-0.3, -0.25) is 0 Å². The lowest BCUT2D eigenvalue weighted by atomic mass is 10.0. The number of piperidine rings is 1. The van der Waals surface area contributed by atoms with Crippen LogP contribution in [0.5, 0.6) is 0 Å². The van der Waals surface area contributed by atoms with Crippen LogP contribution in [0.2, 0.25) is 0 Å². The van der Waals surface area contributed by atoms with Crippen molar-refractivity contribution < 1.29 is 9.53 Å². The Hall–Kier alpha value is -3.02. The Balaban J connectivity index is 1.63. The topological polar surface area (TPSA) is 59.4 Å². The van der Waals surface area contributed by atoms with Crippen LogP contribution in [0.3, 0.4) is 0 Å². The lowest BCUT2D eigenvalue weighted by Crippen LogP contribution is -2.48. The molecule has 0 spiro atoms. The molecule has 1 aliphatic rings. The highest BCUT2D eigenvalue weighted by Crippen LogP contribution is 2.29. The number of amides is 1. The highest BCUT2D eigenvalue weighted by atomic mass is 16.6. The van der Waals surface area contributed by atoms with E-state index in [4.69, 9.17) is 9.72 Å². The molecule has 1 fully saturated rings. The van der Waals surface area contributed by atoms with Gasteiger partial charge in [0.2, 0.25) is 5.95 Å². The van der Waals surface area contributed by atoms with Gasteiger partial charge < -0.3 is 19.5 Å². The molecule has 3 aromatic rings. The molecule has 1 saturated heterocycles. The van der Waals surface area contributed by atoms with Crippen LogP contribution in [-0.2, 0) is 11.3 Å². The summed E-state index contributed by atoms with van der Waals surface area (Å²) in [6.45, 7) is 10.0. The number of nitrogens with one attached hydrogen (secondary N) is 1. The predicted molar refractivity (Wildman–Crippen MR) is 129 cm³/mol. The van der Waals surface area contributed by atoms with Crippen molar-refractivity contribution in [1.82, 2.24) is 14.9 Å². The van der Waals surface area contributed by atoms with Crippen LogP contribution in [0.1, 0.15) is 51.2 Å². The molecule has 4 rings (SSSR count). The number of benzene rings is 2. The van der Waals surface area contributed by atoms with Gasteiger partial charge in [0, 0.05) is 19.1 Å².